The normalized spacial score (nSPS) is 15.0. The van der Waals surface area contributed by atoms with Crippen LogP contribution < -0.4 is 14.4 Å². The van der Waals surface area contributed by atoms with Gasteiger partial charge in [0.25, 0.3) is 5.91 Å². The molecular weight excluding hydrogens is 498 g/mol. The van der Waals surface area contributed by atoms with Crippen LogP contribution in [0.25, 0.3) is 0 Å². The summed E-state index contributed by atoms with van der Waals surface area (Å²) in [5, 5.41) is 0.697. The molecule has 1 heterocycles. The van der Waals surface area contributed by atoms with Gasteiger partial charge in [0.2, 0.25) is 10.0 Å². The molecule has 1 amide bonds. The van der Waals surface area contributed by atoms with Gasteiger partial charge in [-0.2, -0.15) is 0 Å². The molecule has 0 unspecified atom stereocenters. The Balaban J connectivity index is 1.28. The second-order valence-electron chi connectivity index (χ2n) is 8.81. The van der Waals surface area contributed by atoms with Gasteiger partial charge in [0, 0.05) is 42.9 Å². The number of benzene rings is 3. The van der Waals surface area contributed by atoms with Crippen LogP contribution in [0.15, 0.2) is 77.7 Å². The summed E-state index contributed by atoms with van der Waals surface area (Å²) in [5.41, 5.74) is 3.12. The van der Waals surface area contributed by atoms with E-state index < -0.39 is 10.0 Å². The number of anilines is 1. The summed E-state index contributed by atoms with van der Waals surface area (Å²) in [4.78, 5) is 16.8. The Hall–Kier alpha value is -3.07. The summed E-state index contributed by atoms with van der Waals surface area (Å²) in [6.07, 6.45) is 0. The molecule has 3 aromatic rings. The van der Waals surface area contributed by atoms with Gasteiger partial charge in [-0.1, -0.05) is 48.0 Å². The van der Waals surface area contributed by atoms with Crippen molar-refractivity contribution in [3.8, 4) is 5.75 Å². The molecule has 36 heavy (non-hydrogen) atoms. The van der Waals surface area contributed by atoms with Crippen molar-refractivity contribution < 1.29 is 17.9 Å². The number of carbonyl (C=O) groups excluding carboxylic acids is 1. The zero-order valence-corrected chi connectivity index (χ0v) is 21.9. The van der Waals surface area contributed by atoms with E-state index in [0.29, 0.717) is 37.0 Å². The minimum Gasteiger partial charge on any atom is -0.484 e. The van der Waals surface area contributed by atoms with Gasteiger partial charge in [0.15, 0.2) is 6.61 Å². The maximum atomic E-state index is 12.7. The monoisotopic (exact) mass is 527 g/mol. The van der Waals surface area contributed by atoms with E-state index in [0.717, 1.165) is 16.8 Å². The Labute approximate surface area is 217 Å². The van der Waals surface area contributed by atoms with Crippen molar-refractivity contribution in [3.05, 3.63) is 88.9 Å². The van der Waals surface area contributed by atoms with Crippen LogP contribution >= 0.6 is 11.6 Å². The van der Waals surface area contributed by atoms with Crippen LogP contribution in [0.3, 0.4) is 0 Å². The maximum absolute atomic E-state index is 12.7. The number of amides is 1. The number of nitrogens with zero attached hydrogens (tertiary/aromatic N) is 2. The molecule has 1 aliphatic rings. The van der Waals surface area contributed by atoms with Crippen LogP contribution in [0.2, 0.25) is 5.02 Å². The predicted octanol–water partition coefficient (Wildman–Crippen LogP) is 4.42. The van der Waals surface area contributed by atoms with Gasteiger partial charge < -0.3 is 14.5 Å². The predicted molar refractivity (Wildman–Crippen MR) is 142 cm³/mol. The summed E-state index contributed by atoms with van der Waals surface area (Å²) >= 11 is 6.15. The summed E-state index contributed by atoms with van der Waals surface area (Å²) in [6, 6.07) is 20.9. The SMILES string of the molecule is Cc1ccc(Cl)cc1N1CCN(C(=O)COc2ccc(S(=O)(=O)N[C@H](C)c3ccccc3)cc2)CC1. The number of piperazine rings is 1. The van der Waals surface area contributed by atoms with Crippen molar-refractivity contribution in [1.82, 2.24) is 9.62 Å². The second-order valence-corrected chi connectivity index (χ2v) is 11.0. The summed E-state index contributed by atoms with van der Waals surface area (Å²) < 4.78 is 33.8. The van der Waals surface area contributed by atoms with Crippen molar-refractivity contribution in [2.75, 3.05) is 37.7 Å². The van der Waals surface area contributed by atoms with Crippen LogP contribution in [0.1, 0.15) is 24.1 Å². The lowest BCUT2D eigenvalue weighted by atomic mass is 10.1. The van der Waals surface area contributed by atoms with Crippen molar-refractivity contribution in [2.24, 2.45) is 0 Å². The fourth-order valence-electron chi connectivity index (χ4n) is 4.18. The minimum atomic E-state index is -3.70. The number of rotatable bonds is 8. The van der Waals surface area contributed by atoms with Crippen molar-refractivity contribution in [2.45, 2.75) is 24.8 Å². The van der Waals surface area contributed by atoms with Crippen LogP contribution in [-0.2, 0) is 14.8 Å². The zero-order chi connectivity index (χ0) is 25.7. The van der Waals surface area contributed by atoms with Gasteiger partial charge in [0.05, 0.1) is 4.90 Å². The molecule has 0 bridgehead atoms. The molecule has 0 aromatic heterocycles. The molecule has 4 rings (SSSR count). The molecule has 0 radical (unpaired) electrons. The molecular formula is C27H30ClN3O4S. The number of nitrogens with one attached hydrogen (secondary N) is 1. The topological polar surface area (TPSA) is 79.0 Å². The second kappa shape index (κ2) is 11.3. The summed E-state index contributed by atoms with van der Waals surface area (Å²) in [7, 11) is -3.70. The largest absolute Gasteiger partial charge is 0.484 e. The molecule has 9 heteroatoms. The van der Waals surface area contributed by atoms with E-state index in [1.807, 2.05) is 55.5 Å². The summed E-state index contributed by atoms with van der Waals surface area (Å²) in [5.74, 6) is 0.333. The highest BCUT2D eigenvalue weighted by Crippen LogP contribution is 2.25. The molecule has 0 saturated carbocycles. The first-order chi connectivity index (χ1) is 17.2. The highest BCUT2D eigenvalue weighted by molar-refractivity contribution is 7.89. The van der Waals surface area contributed by atoms with Crippen LogP contribution in [0.5, 0.6) is 5.75 Å². The van der Waals surface area contributed by atoms with E-state index in [9.17, 15) is 13.2 Å². The zero-order valence-electron chi connectivity index (χ0n) is 20.4. The molecule has 0 spiro atoms. The number of carbonyl (C=O) groups is 1. The number of halogens is 1. The number of aryl methyl sites for hydroxylation is 1. The first kappa shape index (κ1) is 26.0. The molecule has 190 valence electrons. The minimum absolute atomic E-state index is 0.104. The number of hydrogen-bond acceptors (Lipinski definition) is 5. The van der Waals surface area contributed by atoms with Crippen molar-refractivity contribution in [3.63, 3.8) is 0 Å². The van der Waals surface area contributed by atoms with Gasteiger partial charge in [0.1, 0.15) is 5.75 Å². The lowest BCUT2D eigenvalue weighted by Gasteiger charge is -2.36. The van der Waals surface area contributed by atoms with E-state index in [2.05, 4.69) is 9.62 Å². The highest BCUT2D eigenvalue weighted by atomic mass is 35.5. The third kappa shape index (κ3) is 6.37. The van der Waals surface area contributed by atoms with Crippen molar-refractivity contribution in [1.29, 1.82) is 0 Å². The Bertz CT molecular complexity index is 1290. The highest BCUT2D eigenvalue weighted by Gasteiger charge is 2.23. The molecule has 1 atom stereocenters. The van der Waals surface area contributed by atoms with Gasteiger partial charge in [-0.3, -0.25) is 4.79 Å². The molecule has 1 fully saturated rings. The van der Waals surface area contributed by atoms with E-state index >= 15 is 0 Å². The van der Waals surface area contributed by atoms with Crippen LogP contribution in [0.4, 0.5) is 5.69 Å². The van der Waals surface area contributed by atoms with Gasteiger partial charge in [-0.25, -0.2) is 13.1 Å². The summed E-state index contributed by atoms with van der Waals surface area (Å²) in [6.45, 7) is 6.36. The average molecular weight is 528 g/mol. The molecule has 1 N–H and O–H groups in total. The van der Waals surface area contributed by atoms with E-state index in [-0.39, 0.29) is 23.5 Å². The maximum Gasteiger partial charge on any atom is 0.260 e. The van der Waals surface area contributed by atoms with E-state index in [1.165, 1.54) is 12.1 Å². The third-order valence-electron chi connectivity index (χ3n) is 6.27. The lowest BCUT2D eigenvalue weighted by molar-refractivity contribution is -0.133. The number of sulfonamides is 1. The fourth-order valence-corrected chi connectivity index (χ4v) is 5.58. The Morgan fingerprint density at radius 2 is 1.67 bits per heavy atom. The van der Waals surface area contributed by atoms with E-state index in [1.54, 1.807) is 24.0 Å². The van der Waals surface area contributed by atoms with Crippen molar-refractivity contribution >= 4 is 33.2 Å². The smallest absolute Gasteiger partial charge is 0.260 e. The van der Waals surface area contributed by atoms with Gasteiger partial charge in [-0.15, -0.1) is 0 Å². The Morgan fingerprint density at radius 1 is 1.00 bits per heavy atom. The first-order valence-corrected chi connectivity index (χ1v) is 13.7. The number of ether oxygens (including phenoxy) is 1. The van der Waals surface area contributed by atoms with Crippen LogP contribution in [-0.4, -0.2) is 52.0 Å². The average Bonchev–Trinajstić information content (AvgIpc) is 2.89. The standard InChI is InChI=1S/C27H30ClN3O4S/c1-20-8-9-23(28)18-26(20)30-14-16-31(17-15-30)27(32)19-35-24-10-12-25(13-11-24)36(33,34)29-21(2)22-6-4-3-5-7-22/h3-13,18,21,29H,14-17,19H2,1-2H3/t21-/m1/s1. The lowest BCUT2D eigenvalue weighted by Crippen LogP contribution is -2.50. The van der Waals surface area contributed by atoms with Gasteiger partial charge in [-0.05, 0) is 61.4 Å². The Morgan fingerprint density at radius 3 is 2.33 bits per heavy atom. The van der Waals surface area contributed by atoms with Gasteiger partial charge >= 0.3 is 0 Å². The third-order valence-corrected chi connectivity index (χ3v) is 8.06. The van der Waals surface area contributed by atoms with Crippen LogP contribution in [0, 0.1) is 6.92 Å². The number of hydrogen-bond donors (Lipinski definition) is 1. The van der Waals surface area contributed by atoms with E-state index in [4.69, 9.17) is 16.3 Å². The molecule has 0 aliphatic carbocycles. The quantitative estimate of drug-likeness (QED) is 0.469. The molecule has 1 saturated heterocycles. The first-order valence-electron chi connectivity index (χ1n) is 11.8. The molecule has 1 aliphatic heterocycles. The Kier molecular flexibility index (Phi) is 8.18. The molecule has 3 aromatic carbocycles. The molecule has 7 nitrogen and oxygen atoms in total. The fraction of sp³-hybridized carbons (Fsp3) is 0.296.